The van der Waals surface area contributed by atoms with Crippen LogP contribution in [0.2, 0.25) is 0 Å². The predicted octanol–water partition coefficient (Wildman–Crippen LogP) is 4.02. The first-order chi connectivity index (χ1) is 10.1. The fourth-order valence-corrected chi connectivity index (χ4v) is 3.35. The zero-order chi connectivity index (χ0) is 14.8. The van der Waals surface area contributed by atoms with Gasteiger partial charge in [0.2, 0.25) is 5.13 Å². The highest BCUT2D eigenvalue weighted by Gasteiger charge is 2.08. The third-order valence-electron chi connectivity index (χ3n) is 2.69. The number of nitrogens with one attached hydrogen (secondary N) is 1. The zero-order valence-electron chi connectivity index (χ0n) is 10.9. The first kappa shape index (κ1) is 13.7. The number of thiophene rings is 1. The number of anilines is 1. The molecule has 2 heterocycles. The summed E-state index contributed by atoms with van der Waals surface area (Å²) in [4.78, 5) is 15.3. The lowest BCUT2D eigenvalue weighted by Gasteiger charge is -1.90. The molecule has 0 radical (unpaired) electrons. The van der Waals surface area contributed by atoms with Crippen molar-refractivity contribution in [2.75, 3.05) is 5.43 Å². The van der Waals surface area contributed by atoms with E-state index in [-0.39, 0.29) is 5.00 Å². The van der Waals surface area contributed by atoms with E-state index in [1.54, 1.807) is 12.3 Å². The summed E-state index contributed by atoms with van der Waals surface area (Å²) >= 11 is 2.59. The summed E-state index contributed by atoms with van der Waals surface area (Å²) in [5.41, 5.74) is 4.97. The van der Waals surface area contributed by atoms with Gasteiger partial charge in [0.25, 0.3) is 0 Å². The first-order valence-corrected chi connectivity index (χ1v) is 7.65. The number of hydrogen-bond acceptors (Lipinski definition) is 7. The molecule has 0 bridgehead atoms. The SMILES string of the molecule is Cc1ccc2nc(N/N=C\c3ccc([N+](=O)[O-])s3)sc2c1. The van der Waals surface area contributed by atoms with Crippen molar-refractivity contribution in [3.63, 3.8) is 0 Å². The summed E-state index contributed by atoms with van der Waals surface area (Å²) in [5.74, 6) is 0. The van der Waals surface area contributed by atoms with Gasteiger partial charge in [-0.05, 0) is 30.7 Å². The standard InChI is InChI=1S/C13H10N4O2S2/c1-8-2-4-10-11(6-8)21-13(15-10)16-14-7-9-3-5-12(20-9)17(18)19/h2-7H,1H3,(H,15,16)/b14-7-. The van der Waals surface area contributed by atoms with Gasteiger partial charge in [0.15, 0.2) is 0 Å². The highest BCUT2D eigenvalue weighted by Crippen LogP contribution is 2.27. The molecule has 0 atom stereocenters. The maximum atomic E-state index is 10.6. The fourth-order valence-electron chi connectivity index (χ4n) is 1.74. The minimum Gasteiger partial charge on any atom is -0.258 e. The van der Waals surface area contributed by atoms with Gasteiger partial charge in [0.1, 0.15) is 0 Å². The van der Waals surface area contributed by atoms with E-state index in [2.05, 4.69) is 21.6 Å². The van der Waals surface area contributed by atoms with E-state index in [0.29, 0.717) is 10.0 Å². The third-order valence-corrected chi connectivity index (χ3v) is 4.58. The van der Waals surface area contributed by atoms with Crippen LogP contribution in [0.3, 0.4) is 0 Å². The van der Waals surface area contributed by atoms with Crippen LogP contribution >= 0.6 is 22.7 Å². The summed E-state index contributed by atoms with van der Waals surface area (Å²) in [7, 11) is 0. The molecular weight excluding hydrogens is 308 g/mol. The largest absolute Gasteiger partial charge is 0.324 e. The average Bonchev–Trinajstić information content (AvgIpc) is 3.04. The van der Waals surface area contributed by atoms with Gasteiger partial charge in [-0.15, -0.1) is 0 Å². The molecular formula is C13H10N4O2S2. The number of aromatic nitrogens is 1. The Hall–Kier alpha value is -2.32. The molecule has 106 valence electrons. The quantitative estimate of drug-likeness (QED) is 0.447. The van der Waals surface area contributed by atoms with Gasteiger partial charge in [-0.1, -0.05) is 28.7 Å². The molecule has 0 saturated heterocycles. The maximum absolute atomic E-state index is 10.6. The number of nitrogens with zero attached hydrogens (tertiary/aromatic N) is 3. The Morgan fingerprint density at radius 3 is 2.95 bits per heavy atom. The third kappa shape index (κ3) is 3.06. The normalized spacial score (nSPS) is 11.3. The molecule has 0 spiro atoms. The van der Waals surface area contributed by atoms with Crippen molar-refractivity contribution in [2.24, 2.45) is 5.10 Å². The monoisotopic (exact) mass is 318 g/mol. The molecule has 0 saturated carbocycles. The molecule has 2 aromatic heterocycles. The topological polar surface area (TPSA) is 80.4 Å². The Kier molecular flexibility index (Phi) is 3.63. The fraction of sp³-hybridized carbons (Fsp3) is 0.0769. The molecule has 0 amide bonds. The number of hydrazone groups is 1. The van der Waals surface area contributed by atoms with Crippen LogP contribution in [0.25, 0.3) is 10.2 Å². The number of nitro groups is 1. The summed E-state index contributed by atoms with van der Waals surface area (Å²) in [6.45, 7) is 2.04. The van der Waals surface area contributed by atoms with E-state index in [1.165, 1.54) is 23.0 Å². The van der Waals surface area contributed by atoms with E-state index >= 15 is 0 Å². The van der Waals surface area contributed by atoms with Gasteiger partial charge < -0.3 is 0 Å². The minimum atomic E-state index is -0.411. The van der Waals surface area contributed by atoms with E-state index in [1.807, 2.05) is 19.1 Å². The number of fused-ring (bicyclic) bond motifs is 1. The van der Waals surface area contributed by atoms with Gasteiger partial charge >= 0.3 is 5.00 Å². The number of aryl methyl sites for hydroxylation is 1. The van der Waals surface area contributed by atoms with Crippen LogP contribution in [0.15, 0.2) is 35.4 Å². The summed E-state index contributed by atoms with van der Waals surface area (Å²) in [6.07, 6.45) is 1.55. The van der Waals surface area contributed by atoms with Gasteiger partial charge in [-0.2, -0.15) is 5.10 Å². The second-order valence-corrected chi connectivity index (χ2v) is 6.42. The van der Waals surface area contributed by atoms with Crippen LogP contribution in [0.4, 0.5) is 10.1 Å². The van der Waals surface area contributed by atoms with Crippen LogP contribution < -0.4 is 5.43 Å². The Morgan fingerprint density at radius 1 is 1.33 bits per heavy atom. The Morgan fingerprint density at radius 2 is 2.19 bits per heavy atom. The van der Waals surface area contributed by atoms with Crippen LogP contribution in [-0.2, 0) is 0 Å². The molecule has 6 nitrogen and oxygen atoms in total. The molecule has 3 rings (SSSR count). The van der Waals surface area contributed by atoms with Crippen molar-refractivity contribution in [1.29, 1.82) is 0 Å². The van der Waals surface area contributed by atoms with Gasteiger partial charge in [-0.25, -0.2) is 4.98 Å². The van der Waals surface area contributed by atoms with Crippen molar-refractivity contribution >= 4 is 49.2 Å². The van der Waals surface area contributed by atoms with Crippen molar-refractivity contribution in [3.8, 4) is 0 Å². The second-order valence-electron chi connectivity index (χ2n) is 4.29. The molecule has 0 unspecified atom stereocenters. The molecule has 0 fully saturated rings. The van der Waals surface area contributed by atoms with Crippen LogP contribution in [0.5, 0.6) is 0 Å². The number of benzene rings is 1. The molecule has 0 aliphatic heterocycles. The van der Waals surface area contributed by atoms with Gasteiger partial charge in [0.05, 0.1) is 26.2 Å². The number of rotatable bonds is 4. The van der Waals surface area contributed by atoms with Gasteiger partial charge in [0, 0.05) is 6.07 Å². The Bertz CT molecular complexity index is 838. The number of hydrogen-bond donors (Lipinski definition) is 1. The maximum Gasteiger partial charge on any atom is 0.324 e. The van der Waals surface area contributed by atoms with Crippen LogP contribution in [0, 0.1) is 17.0 Å². The highest BCUT2D eigenvalue weighted by atomic mass is 32.1. The minimum absolute atomic E-state index is 0.104. The Balaban J connectivity index is 1.73. The summed E-state index contributed by atoms with van der Waals surface area (Å²) < 4.78 is 1.10. The van der Waals surface area contributed by atoms with E-state index in [4.69, 9.17) is 0 Å². The predicted molar refractivity (Wildman–Crippen MR) is 86.5 cm³/mol. The van der Waals surface area contributed by atoms with Crippen molar-refractivity contribution in [2.45, 2.75) is 6.92 Å². The molecule has 8 heteroatoms. The lowest BCUT2D eigenvalue weighted by atomic mass is 10.2. The number of thiazole rings is 1. The van der Waals surface area contributed by atoms with E-state index in [0.717, 1.165) is 21.6 Å². The molecule has 1 N–H and O–H groups in total. The lowest BCUT2D eigenvalue weighted by Crippen LogP contribution is -1.87. The molecule has 0 aliphatic rings. The van der Waals surface area contributed by atoms with E-state index < -0.39 is 4.92 Å². The first-order valence-electron chi connectivity index (χ1n) is 6.02. The van der Waals surface area contributed by atoms with Crippen LogP contribution in [-0.4, -0.2) is 16.1 Å². The molecule has 3 aromatic rings. The van der Waals surface area contributed by atoms with Crippen molar-refractivity contribution in [1.82, 2.24) is 4.98 Å². The molecule has 0 aliphatic carbocycles. The molecule has 1 aromatic carbocycles. The van der Waals surface area contributed by atoms with Crippen LogP contribution in [0.1, 0.15) is 10.4 Å². The lowest BCUT2D eigenvalue weighted by molar-refractivity contribution is -0.380. The van der Waals surface area contributed by atoms with Crippen molar-refractivity contribution < 1.29 is 4.92 Å². The Labute approximate surface area is 127 Å². The highest BCUT2D eigenvalue weighted by molar-refractivity contribution is 7.22. The molecule has 21 heavy (non-hydrogen) atoms. The van der Waals surface area contributed by atoms with Gasteiger partial charge in [-0.3, -0.25) is 15.5 Å². The van der Waals surface area contributed by atoms with Crippen molar-refractivity contribution in [3.05, 3.63) is 50.9 Å². The van der Waals surface area contributed by atoms with E-state index in [9.17, 15) is 10.1 Å². The second kappa shape index (κ2) is 5.58. The summed E-state index contributed by atoms with van der Waals surface area (Å²) in [6, 6.07) is 9.19. The zero-order valence-corrected chi connectivity index (χ0v) is 12.6. The average molecular weight is 318 g/mol. The summed E-state index contributed by atoms with van der Waals surface area (Å²) in [5, 5.41) is 15.4. The smallest absolute Gasteiger partial charge is 0.258 e.